The Balaban J connectivity index is 2.03. The molecule has 1 aliphatic carbocycles. The van der Waals surface area contributed by atoms with E-state index in [2.05, 4.69) is 56.8 Å². The molecular weight excluding hydrogens is 365 g/mol. The zero-order valence-electron chi connectivity index (χ0n) is 11.3. The van der Waals surface area contributed by atoms with Crippen molar-refractivity contribution in [3.63, 3.8) is 0 Å². The summed E-state index contributed by atoms with van der Waals surface area (Å²) < 4.78 is 6.09. The number of nitrogens with two attached hydrogens (primary N) is 1. The minimum Gasteiger partial charge on any atom is -0.383 e. The van der Waals surface area contributed by atoms with Crippen molar-refractivity contribution in [3.8, 4) is 0 Å². The first-order valence-corrected chi connectivity index (χ1v) is 7.67. The lowest BCUT2D eigenvalue weighted by Gasteiger charge is -2.14. The second-order valence-corrected chi connectivity index (χ2v) is 6.03. The largest absolute Gasteiger partial charge is 0.383 e. The van der Waals surface area contributed by atoms with Crippen molar-refractivity contribution in [3.05, 3.63) is 50.5 Å². The number of halogens is 1. The molecule has 0 spiro atoms. The number of fused-ring (bicyclic) bond motifs is 1. The van der Waals surface area contributed by atoms with Gasteiger partial charge < -0.3 is 10.5 Å². The Bertz CT molecular complexity index is 645. The topological polar surface area (TPSA) is 61.0 Å². The molecule has 0 aliphatic heterocycles. The molecule has 104 valence electrons. The van der Waals surface area contributed by atoms with Crippen LogP contribution in [0.1, 0.15) is 35.0 Å². The van der Waals surface area contributed by atoms with Crippen molar-refractivity contribution in [2.45, 2.75) is 25.4 Å². The SMILES string of the molecule is COCc1nc(C2CCc3ccccc32)nc(N)c1I. The quantitative estimate of drug-likeness (QED) is 0.831. The molecule has 2 aromatic rings. The molecule has 0 saturated carbocycles. The van der Waals surface area contributed by atoms with Gasteiger partial charge >= 0.3 is 0 Å². The Morgan fingerprint density at radius 3 is 2.95 bits per heavy atom. The summed E-state index contributed by atoms with van der Waals surface area (Å²) in [4.78, 5) is 9.18. The van der Waals surface area contributed by atoms with Gasteiger partial charge in [0, 0.05) is 13.0 Å². The van der Waals surface area contributed by atoms with Gasteiger partial charge in [-0.25, -0.2) is 9.97 Å². The maximum Gasteiger partial charge on any atom is 0.141 e. The molecule has 0 radical (unpaired) electrons. The van der Waals surface area contributed by atoms with E-state index in [1.807, 2.05) is 0 Å². The van der Waals surface area contributed by atoms with Crippen LogP contribution in [-0.2, 0) is 17.8 Å². The van der Waals surface area contributed by atoms with E-state index in [0.717, 1.165) is 27.9 Å². The van der Waals surface area contributed by atoms with Crippen LogP contribution in [-0.4, -0.2) is 17.1 Å². The third-order valence-electron chi connectivity index (χ3n) is 3.69. The molecule has 20 heavy (non-hydrogen) atoms. The average molecular weight is 381 g/mol. The molecule has 1 heterocycles. The average Bonchev–Trinajstić information content (AvgIpc) is 2.88. The third kappa shape index (κ3) is 2.40. The molecule has 0 bridgehead atoms. The first-order chi connectivity index (χ1) is 9.70. The van der Waals surface area contributed by atoms with Crippen molar-refractivity contribution in [1.82, 2.24) is 9.97 Å². The number of hydrogen-bond acceptors (Lipinski definition) is 4. The fourth-order valence-corrected chi connectivity index (χ4v) is 3.14. The molecule has 1 unspecified atom stereocenters. The van der Waals surface area contributed by atoms with Crippen LogP contribution >= 0.6 is 22.6 Å². The maximum atomic E-state index is 6.03. The lowest BCUT2D eigenvalue weighted by Crippen LogP contribution is -2.11. The zero-order valence-corrected chi connectivity index (χ0v) is 13.4. The number of aromatic nitrogens is 2. The number of ether oxygens (including phenoxy) is 1. The number of rotatable bonds is 3. The van der Waals surface area contributed by atoms with E-state index in [9.17, 15) is 0 Å². The molecule has 3 rings (SSSR count). The van der Waals surface area contributed by atoms with Gasteiger partial charge in [0.15, 0.2) is 0 Å². The molecule has 0 saturated heterocycles. The first-order valence-electron chi connectivity index (χ1n) is 6.59. The van der Waals surface area contributed by atoms with E-state index >= 15 is 0 Å². The molecule has 2 N–H and O–H groups in total. The summed E-state index contributed by atoms with van der Waals surface area (Å²) >= 11 is 2.18. The van der Waals surface area contributed by atoms with E-state index < -0.39 is 0 Å². The zero-order chi connectivity index (χ0) is 14.1. The number of nitrogen functional groups attached to an aromatic ring is 1. The van der Waals surface area contributed by atoms with E-state index in [-0.39, 0.29) is 5.92 Å². The van der Waals surface area contributed by atoms with Crippen molar-refractivity contribution < 1.29 is 4.74 Å². The van der Waals surface area contributed by atoms with Gasteiger partial charge in [0.05, 0.1) is 15.9 Å². The Labute approximate surface area is 131 Å². The van der Waals surface area contributed by atoms with Crippen LogP contribution < -0.4 is 5.73 Å². The number of aryl methyl sites for hydroxylation is 1. The highest BCUT2D eigenvalue weighted by molar-refractivity contribution is 14.1. The first kappa shape index (κ1) is 13.8. The lowest BCUT2D eigenvalue weighted by molar-refractivity contribution is 0.180. The highest BCUT2D eigenvalue weighted by Crippen LogP contribution is 2.37. The van der Waals surface area contributed by atoms with Crippen LogP contribution in [0, 0.1) is 3.57 Å². The lowest BCUT2D eigenvalue weighted by atomic mass is 10.0. The summed E-state index contributed by atoms with van der Waals surface area (Å²) in [6.45, 7) is 0.465. The van der Waals surface area contributed by atoms with Gasteiger partial charge in [-0.3, -0.25) is 0 Å². The number of methoxy groups -OCH3 is 1. The van der Waals surface area contributed by atoms with Gasteiger partial charge in [-0.1, -0.05) is 24.3 Å². The van der Waals surface area contributed by atoms with Gasteiger partial charge in [-0.05, 0) is 46.6 Å². The van der Waals surface area contributed by atoms with Crippen LogP contribution in [0.2, 0.25) is 0 Å². The summed E-state index contributed by atoms with van der Waals surface area (Å²) in [7, 11) is 1.67. The Kier molecular flexibility index (Phi) is 3.89. The van der Waals surface area contributed by atoms with Crippen molar-refractivity contribution >= 4 is 28.4 Å². The van der Waals surface area contributed by atoms with Gasteiger partial charge in [-0.15, -0.1) is 0 Å². The molecule has 0 amide bonds. The molecule has 1 aromatic heterocycles. The minimum absolute atomic E-state index is 0.251. The highest BCUT2D eigenvalue weighted by atomic mass is 127. The molecule has 4 nitrogen and oxygen atoms in total. The summed E-state index contributed by atoms with van der Waals surface area (Å²) in [5.41, 5.74) is 9.63. The Hall–Kier alpha value is -1.21. The summed E-state index contributed by atoms with van der Waals surface area (Å²) in [6.07, 6.45) is 2.13. The van der Waals surface area contributed by atoms with Crippen molar-refractivity contribution in [2.24, 2.45) is 0 Å². The van der Waals surface area contributed by atoms with Crippen LogP contribution in [0.3, 0.4) is 0 Å². The van der Waals surface area contributed by atoms with Gasteiger partial charge in [0.1, 0.15) is 11.6 Å². The van der Waals surface area contributed by atoms with Gasteiger partial charge in [0.25, 0.3) is 0 Å². The normalized spacial score (nSPS) is 17.2. The summed E-state index contributed by atoms with van der Waals surface area (Å²) in [5, 5.41) is 0. The monoisotopic (exact) mass is 381 g/mol. The number of hydrogen-bond donors (Lipinski definition) is 1. The molecule has 5 heteroatoms. The van der Waals surface area contributed by atoms with Crippen LogP contribution in [0.25, 0.3) is 0 Å². The standard InChI is InChI=1S/C15H16IN3O/c1-20-8-12-13(16)14(17)19-15(18-12)11-7-6-9-4-2-3-5-10(9)11/h2-5,11H,6-8H2,1H3,(H2,17,18,19). The van der Waals surface area contributed by atoms with Crippen LogP contribution in [0.5, 0.6) is 0 Å². The molecule has 1 aromatic carbocycles. The predicted octanol–water partition coefficient (Wildman–Crippen LogP) is 2.89. The minimum atomic E-state index is 0.251. The Morgan fingerprint density at radius 1 is 1.35 bits per heavy atom. The second kappa shape index (κ2) is 5.65. The third-order valence-corrected chi connectivity index (χ3v) is 4.86. The summed E-state index contributed by atoms with van der Waals surface area (Å²) in [6, 6.07) is 8.51. The van der Waals surface area contributed by atoms with Crippen molar-refractivity contribution in [1.29, 1.82) is 0 Å². The maximum absolute atomic E-state index is 6.03. The van der Waals surface area contributed by atoms with E-state index in [1.54, 1.807) is 7.11 Å². The fraction of sp³-hybridized carbons (Fsp3) is 0.333. The predicted molar refractivity (Wildman–Crippen MR) is 86.5 cm³/mol. The van der Waals surface area contributed by atoms with E-state index in [4.69, 9.17) is 10.5 Å². The smallest absolute Gasteiger partial charge is 0.141 e. The molecule has 1 atom stereocenters. The van der Waals surface area contributed by atoms with Gasteiger partial charge in [0.2, 0.25) is 0 Å². The van der Waals surface area contributed by atoms with E-state index in [0.29, 0.717) is 12.4 Å². The van der Waals surface area contributed by atoms with Gasteiger partial charge in [-0.2, -0.15) is 0 Å². The Morgan fingerprint density at radius 2 is 2.15 bits per heavy atom. The molecule has 1 aliphatic rings. The fourth-order valence-electron chi connectivity index (χ4n) is 2.75. The number of anilines is 1. The second-order valence-electron chi connectivity index (χ2n) is 4.95. The highest BCUT2D eigenvalue weighted by Gasteiger charge is 2.27. The van der Waals surface area contributed by atoms with Crippen LogP contribution in [0.15, 0.2) is 24.3 Å². The molecule has 0 fully saturated rings. The summed E-state index contributed by atoms with van der Waals surface area (Å²) in [5.74, 6) is 1.62. The number of nitrogens with zero attached hydrogens (tertiary/aromatic N) is 2. The van der Waals surface area contributed by atoms with Crippen molar-refractivity contribution in [2.75, 3.05) is 12.8 Å². The van der Waals surface area contributed by atoms with Crippen LogP contribution in [0.4, 0.5) is 5.82 Å². The van der Waals surface area contributed by atoms with E-state index in [1.165, 1.54) is 11.1 Å². The molecular formula is C15H16IN3O. The number of benzene rings is 1.